The number of hydrogen-bond acceptors (Lipinski definition) is 5. The van der Waals surface area contributed by atoms with Crippen LogP contribution in [0.1, 0.15) is 11.1 Å². The summed E-state index contributed by atoms with van der Waals surface area (Å²) in [6, 6.07) is 21.0. The van der Waals surface area contributed by atoms with Crippen LogP contribution in [-0.2, 0) is 17.8 Å². The molecule has 1 N–H and O–H groups in total. The molecule has 31 heavy (non-hydrogen) atoms. The van der Waals surface area contributed by atoms with Gasteiger partial charge in [-0.2, -0.15) is 0 Å². The Balaban J connectivity index is 1.48. The van der Waals surface area contributed by atoms with Gasteiger partial charge >= 0.3 is 0 Å². The fourth-order valence-corrected chi connectivity index (χ4v) is 4.07. The van der Waals surface area contributed by atoms with E-state index >= 15 is 0 Å². The lowest BCUT2D eigenvalue weighted by atomic mass is 10.1. The van der Waals surface area contributed by atoms with E-state index in [4.69, 9.17) is 0 Å². The fourth-order valence-electron chi connectivity index (χ4n) is 3.24. The summed E-state index contributed by atoms with van der Waals surface area (Å²) in [5.74, 6) is 0.106. The number of nitrogens with one attached hydrogen (secondary N) is 1. The number of fused-ring (bicyclic) bond motifs is 1. The molecule has 2 aromatic carbocycles. The van der Waals surface area contributed by atoms with Crippen LogP contribution in [0.4, 0.5) is 0 Å². The summed E-state index contributed by atoms with van der Waals surface area (Å²) in [4.78, 5) is 34.2. The molecular formula is C24H22N4O2S. The van der Waals surface area contributed by atoms with E-state index in [1.54, 1.807) is 23.0 Å². The van der Waals surface area contributed by atoms with Gasteiger partial charge in [0.05, 0.1) is 23.2 Å². The summed E-state index contributed by atoms with van der Waals surface area (Å²) < 4.78 is 1.62. The highest BCUT2D eigenvalue weighted by Crippen LogP contribution is 2.18. The summed E-state index contributed by atoms with van der Waals surface area (Å²) in [5, 5.41) is 4.03. The van der Waals surface area contributed by atoms with Crippen LogP contribution in [0.2, 0.25) is 0 Å². The largest absolute Gasteiger partial charge is 0.355 e. The molecule has 0 aliphatic rings. The summed E-state index contributed by atoms with van der Waals surface area (Å²) >= 11 is 1.27. The molecule has 0 unspecified atom stereocenters. The first kappa shape index (κ1) is 20.8. The molecule has 0 bridgehead atoms. The molecule has 2 aromatic heterocycles. The summed E-state index contributed by atoms with van der Waals surface area (Å²) in [7, 11) is 0. The molecule has 7 heteroatoms. The van der Waals surface area contributed by atoms with Crippen LogP contribution in [0.5, 0.6) is 0 Å². The van der Waals surface area contributed by atoms with Crippen molar-refractivity contribution in [2.24, 2.45) is 0 Å². The summed E-state index contributed by atoms with van der Waals surface area (Å²) in [6.07, 6.45) is 4.17. The van der Waals surface area contributed by atoms with Gasteiger partial charge in [-0.1, -0.05) is 54.2 Å². The lowest BCUT2D eigenvalue weighted by Crippen LogP contribution is -2.28. The van der Waals surface area contributed by atoms with Crippen LogP contribution in [-0.4, -0.2) is 32.7 Å². The third-order valence-corrected chi connectivity index (χ3v) is 5.80. The van der Waals surface area contributed by atoms with E-state index in [0.717, 1.165) is 12.0 Å². The van der Waals surface area contributed by atoms with Crippen molar-refractivity contribution in [1.82, 2.24) is 19.9 Å². The summed E-state index contributed by atoms with van der Waals surface area (Å²) in [6.45, 7) is 0.940. The molecule has 4 aromatic rings. The van der Waals surface area contributed by atoms with Gasteiger partial charge in [-0.15, -0.1) is 0 Å². The quantitative estimate of drug-likeness (QED) is 0.343. The molecule has 0 radical (unpaired) electrons. The second kappa shape index (κ2) is 10.0. The fraction of sp³-hybridized carbons (Fsp3) is 0.167. The van der Waals surface area contributed by atoms with Crippen LogP contribution in [0, 0.1) is 0 Å². The minimum atomic E-state index is -0.116. The molecule has 0 aliphatic carbocycles. The highest BCUT2D eigenvalue weighted by molar-refractivity contribution is 7.99. The zero-order valence-electron chi connectivity index (χ0n) is 16.9. The Morgan fingerprint density at radius 3 is 2.48 bits per heavy atom. The number of nitrogens with zero attached hydrogens (tertiary/aromatic N) is 3. The Bertz CT molecular complexity index is 1230. The van der Waals surface area contributed by atoms with Crippen molar-refractivity contribution in [1.29, 1.82) is 0 Å². The minimum absolute atomic E-state index is 0.0844. The number of para-hydroxylation sites is 1. The number of carbonyl (C=O) groups excluding carboxylic acids is 1. The zero-order chi connectivity index (χ0) is 21.5. The molecule has 0 saturated heterocycles. The van der Waals surface area contributed by atoms with Crippen LogP contribution in [0.15, 0.2) is 89.1 Å². The van der Waals surface area contributed by atoms with Gasteiger partial charge in [-0.05, 0) is 41.8 Å². The molecule has 0 spiro atoms. The Labute approximate surface area is 184 Å². The Morgan fingerprint density at radius 2 is 1.68 bits per heavy atom. The monoisotopic (exact) mass is 430 g/mol. The van der Waals surface area contributed by atoms with Crippen LogP contribution in [0.25, 0.3) is 10.9 Å². The van der Waals surface area contributed by atoms with E-state index in [1.165, 1.54) is 17.3 Å². The second-order valence-corrected chi connectivity index (χ2v) is 7.98. The van der Waals surface area contributed by atoms with Gasteiger partial charge in [-0.25, -0.2) is 4.98 Å². The molecule has 6 nitrogen and oxygen atoms in total. The topological polar surface area (TPSA) is 76.9 Å². The molecule has 0 saturated carbocycles. The van der Waals surface area contributed by atoms with Crippen molar-refractivity contribution < 1.29 is 4.79 Å². The molecule has 0 aliphatic heterocycles. The molecular weight excluding hydrogens is 408 g/mol. The van der Waals surface area contributed by atoms with Gasteiger partial charge in [0.15, 0.2) is 5.16 Å². The van der Waals surface area contributed by atoms with Gasteiger partial charge in [-0.3, -0.25) is 19.1 Å². The smallest absolute Gasteiger partial charge is 0.262 e. The lowest BCUT2D eigenvalue weighted by Gasteiger charge is -2.13. The van der Waals surface area contributed by atoms with E-state index in [9.17, 15) is 9.59 Å². The molecule has 0 atom stereocenters. The molecule has 1 amide bonds. The number of pyridine rings is 1. The normalized spacial score (nSPS) is 10.8. The lowest BCUT2D eigenvalue weighted by molar-refractivity contribution is -0.118. The first-order chi connectivity index (χ1) is 15.2. The zero-order valence-corrected chi connectivity index (χ0v) is 17.7. The first-order valence-corrected chi connectivity index (χ1v) is 11.0. The van der Waals surface area contributed by atoms with E-state index in [-0.39, 0.29) is 17.2 Å². The van der Waals surface area contributed by atoms with E-state index in [2.05, 4.69) is 15.3 Å². The maximum atomic E-state index is 13.1. The number of carbonyl (C=O) groups is 1. The predicted octanol–water partition coefficient (Wildman–Crippen LogP) is 3.29. The number of thioether (sulfide) groups is 1. The van der Waals surface area contributed by atoms with Gasteiger partial charge in [0.25, 0.3) is 5.56 Å². The standard InChI is InChI=1S/C24H22N4O2S/c29-22(26-15-12-18-6-2-1-3-7-18)17-31-24-27-21-9-5-4-8-20(21)23(30)28(24)16-19-10-13-25-14-11-19/h1-11,13-14H,12,15-17H2,(H,26,29). The van der Waals surface area contributed by atoms with Crippen molar-refractivity contribution in [2.45, 2.75) is 18.1 Å². The molecule has 156 valence electrons. The van der Waals surface area contributed by atoms with E-state index in [1.807, 2.05) is 60.7 Å². The number of rotatable bonds is 8. The summed E-state index contributed by atoms with van der Waals surface area (Å²) in [5.41, 5.74) is 2.64. The van der Waals surface area contributed by atoms with Crippen LogP contribution in [0.3, 0.4) is 0 Å². The van der Waals surface area contributed by atoms with Crippen molar-refractivity contribution in [3.8, 4) is 0 Å². The third-order valence-electron chi connectivity index (χ3n) is 4.83. The average Bonchev–Trinajstić information content (AvgIpc) is 2.81. The Hall–Kier alpha value is -3.45. The first-order valence-electron chi connectivity index (χ1n) is 10.0. The Morgan fingerprint density at radius 1 is 0.935 bits per heavy atom. The maximum absolute atomic E-state index is 13.1. The molecule has 2 heterocycles. The maximum Gasteiger partial charge on any atom is 0.262 e. The van der Waals surface area contributed by atoms with Crippen molar-refractivity contribution >= 4 is 28.6 Å². The van der Waals surface area contributed by atoms with Gasteiger partial charge in [0.1, 0.15) is 0 Å². The van der Waals surface area contributed by atoms with Gasteiger partial charge in [0, 0.05) is 18.9 Å². The van der Waals surface area contributed by atoms with Gasteiger partial charge in [0.2, 0.25) is 5.91 Å². The predicted molar refractivity (Wildman–Crippen MR) is 123 cm³/mol. The van der Waals surface area contributed by atoms with E-state index in [0.29, 0.717) is 29.1 Å². The van der Waals surface area contributed by atoms with Crippen LogP contribution < -0.4 is 10.9 Å². The number of benzene rings is 2. The van der Waals surface area contributed by atoms with Gasteiger partial charge < -0.3 is 5.32 Å². The van der Waals surface area contributed by atoms with Crippen LogP contribution >= 0.6 is 11.8 Å². The highest BCUT2D eigenvalue weighted by Gasteiger charge is 2.13. The average molecular weight is 431 g/mol. The minimum Gasteiger partial charge on any atom is -0.355 e. The molecule has 4 rings (SSSR count). The SMILES string of the molecule is O=C(CSc1nc2ccccc2c(=O)n1Cc1ccncc1)NCCc1ccccc1. The number of hydrogen-bond donors (Lipinski definition) is 1. The second-order valence-electron chi connectivity index (χ2n) is 7.03. The van der Waals surface area contributed by atoms with Crippen molar-refractivity contribution in [3.63, 3.8) is 0 Å². The van der Waals surface area contributed by atoms with E-state index < -0.39 is 0 Å². The van der Waals surface area contributed by atoms with Crippen molar-refractivity contribution in [3.05, 3.63) is 101 Å². The Kier molecular flexibility index (Phi) is 6.74. The molecule has 0 fully saturated rings. The highest BCUT2D eigenvalue weighted by atomic mass is 32.2. The number of amides is 1. The van der Waals surface area contributed by atoms with Crippen molar-refractivity contribution in [2.75, 3.05) is 12.3 Å². The number of aromatic nitrogens is 3. The third kappa shape index (κ3) is 5.38.